The molecule has 19 heavy (non-hydrogen) atoms. The fraction of sp³-hybridized carbons (Fsp3) is 0.538. The van der Waals surface area contributed by atoms with E-state index in [1.165, 1.54) is 0 Å². The number of benzene rings is 1. The van der Waals surface area contributed by atoms with Crippen molar-refractivity contribution in [1.29, 1.82) is 0 Å². The molecule has 0 atom stereocenters. The number of ether oxygens (including phenoxy) is 1. The molecule has 1 rings (SSSR count). The number of hydrogen-bond acceptors (Lipinski definition) is 3. The molecule has 6 heteroatoms. The van der Waals surface area contributed by atoms with Crippen LogP contribution >= 0.6 is 11.6 Å². The minimum Gasteiger partial charge on any atom is -0.380 e. The molecule has 0 saturated carbocycles. The lowest BCUT2D eigenvalue weighted by Gasteiger charge is -2.10. The highest BCUT2D eigenvalue weighted by Gasteiger charge is 2.15. The van der Waals surface area contributed by atoms with Gasteiger partial charge in [-0.2, -0.15) is 0 Å². The van der Waals surface area contributed by atoms with Crippen LogP contribution in [0.3, 0.4) is 0 Å². The van der Waals surface area contributed by atoms with E-state index in [1.807, 2.05) is 13.0 Å². The summed E-state index contributed by atoms with van der Waals surface area (Å²) in [7, 11) is -3.43. The molecule has 0 bridgehead atoms. The molecule has 0 saturated heterocycles. The number of alkyl halides is 1. The molecule has 0 unspecified atom stereocenters. The zero-order chi connectivity index (χ0) is 14.3. The quantitative estimate of drug-likeness (QED) is 0.592. The van der Waals surface area contributed by atoms with Gasteiger partial charge in [-0.25, -0.2) is 13.1 Å². The summed E-state index contributed by atoms with van der Waals surface area (Å²) in [6.07, 6.45) is 0.626. The normalized spacial score (nSPS) is 11.7. The summed E-state index contributed by atoms with van der Waals surface area (Å²) < 4.78 is 31.9. The first kappa shape index (κ1) is 16.4. The molecule has 108 valence electrons. The van der Waals surface area contributed by atoms with Crippen molar-refractivity contribution in [3.05, 3.63) is 29.3 Å². The van der Waals surface area contributed by atoms with Crippen molar-refractivity contribution in [2.45, 2.75) is 25.2 Å². The molecule has 0 amide bonds. The van der Waals surface area contributed by atoms with Crippen LogP contribution in [0.1, 0.15) is 17.5 Å². The zero-order valence-electron chi connectivity index (χ0n) is 11.3. The molecule has 0 aliphatic rings. The molecule has 0 aliphatic carbocycles. The maximum Gasteiger partial charge on any atom is 0.240 e. The lowest BCUT2D eigenvalue weighted by atomic mass is 10.2. The van der Waals surface area contributed by atoms with Crippen LogP contribution in [-0.2, 0) is 14.8 Å². The van der Waals surface area contributed by atoms with Crippen molar-refractivity contribution in [3.8, 4) is 0 Å². The minimum atomic E-state index is -3.43. The number of sulfonamides is 1. The summed E-state index contributed by atoms with van der Waals surface area (Å²) in [5, 5.41) is 0. The van der Waals surface area contributed by atoms with Crippen LogP contribution in [0.2, 0.25) is 0 Å². The van der Waals surface area contributed by atoms with Crippen LogP contribution in [0, 0.1) is 13.8 Å². The van der Waals surface area contributed by atoms with E-state index in [4.69, 9.17) is 16.3 Å². The third-order valence-electron chi connectivity index (χ3n) is 2.60. The Balaban J connectivity index is 2.52. The second kappa shape index (κ2) is 7.85. The third kappa shape index (κ3) is 5.48. The average molecular weight is 306 g/mol. The topological polar surface area (TPSA) is 55.4 Å². The van der Waals surface area contributed by atoms with Gasteiger partial charge in [-0.1, -0.05) is 17.7 Å². The molecular formula is C13H20ClNO3S. The van der Waals surface area contributed by atoms with E-state index < -0.39 is 10.0 Å². The number of halogens is 1. The second-order valence-corrected chi connectivity index (χ2v) is 6.43. The smallest absolute Gasteiger partial charge is 0.240 e. The standard InChI is InChI=1S/C13H20ClNO3S/c1-11-4-5-13(12(2)10-11)19(16,17)15-7-3-8-18-9-6-14/h4-5,10,15H,3,6-9H2,1-2H3. The molecule has 1 aromatic carbocycles. The van der Waals surface area contributed by atoms with Gasteiger partial charge < -0.3 is 4.74 Å². The first-order valence-electron chi connectivity index (χ1n) is 6.18. The van der Waals surface area contributed by atoms with Gasteiger partial charge in [0, 0.05) is 19.0 Å². The van der Waals surface area contributed by atoms with Gasteiger partial charge in [0.2, 0.25) is 10.0 Å². The maximum atomic E-state index is 12.1. The monoisotopic (exact) mass is 305 g/mol. The Morgan fingerprint density at radius 3 is 2.63 bits per heavy atom. The summed E-state index contributed by atoms with van der Waals surface area (Å²) in [5.74, 6) is 0.453. The van der Waals surface area contributed by atoms with Gasteiger partial charge in [-0.15, -0.1) is 11.6 Å². The highest BCUT2D eigenvalue weighted by atomic mass is 35.5. The molecule has 1 aromatic rings. The fourth-order valence-corrected chi connectivity index (χ4v) is 3.12. The Morgan fingerprint density at radius 2 is 2.00 bits per heavy atom. The average Bonchev–Trinajstić information content (AvgIpc) is 2.33. The largest absolute Gasteiger partial charge is 0.380 e. The highest BCUT2D eigenvalue weighted by molar-refractivity contribution is 7.89. The number of nitrogens with one attached hydrogen (secondary N) is 1. The van der Waals surface area contributed by atoms with E-state index >= 15 is 0 Å². The van der Waals surface area contributed by atoms with Gasteiger partial charge in [-0.3, -0.25) is 0 Å². The predicted octanol–water partition coefficient (Wildman–Crippen LogP) is 2.23. The van der Waals surface area contributed by atoms with Gasteiger partial charge >= 0.3 is 0 Å². The van der Waals surface area contributed by atoms with E-state index in [0.29, 0.717) is 37.0 Å². The van der Waals surface area contributed by atoms with Crippen LogP contribution in [-0.4, -0.2) is 34.1 Å². The van der Waals surface area contributed by atoms with Crippen molar-refractivity contribution >= 4 is 21.6 Å². The molecular weight excluding hydrogens is 286 g/mol. The molecule has 0 spiro atoms. The van der Waals surface area contributed by atoms with Crippen LogP contribution in [0.25, 0.3) is 0 Å². The number of rotatable bonds is 8. The van der Waals surface area contributed by atoms with Crippen molar-refractivity contribution in [1.82, 2.24) is 4.72 Å². The molecule has 0 aromatic heterocycles. The second-order valence-electron chi connectivity index (χ2n) is 4.32. The Labute approximate surface area is 120 Å². The zero-order valence-corrected chi connectivity index (χ0v) is 12.9. The van der Waals surface area contributed by atoms with E-state index in [0.717, 1.165) is 11.1 Å². The van der Waals surface area contributed by atoms with Gasteiger partial charge in [0.05, 0.1) is 11.5 Å². The predicted molar refractivity (Wildman–Crippen MR) is 77.3 cm³/mol. The minimum absolute atomic E-state index is 0.333. The highest BCUT2D eigenvalue weighted by Crippen LogP contribution is 2.15. The molecule has 0 radical (unpaired) electrons. The Kier molecular flexibility index (Phi) is 6.79. The molecule has 4 nitrogen and oxygen atoms in total. The van der Waals surface area contributed by atoms with E-state index in [2.05, 4.69) is 4.72 Å². The fourth-order valence-electron chi connectivity index (χ4n) is 1.72. The number of hydrogen-bond donors (Lipinski definition) is 1. The SMILES string of the molecule is Cc1ccc(S(=O)(=O)NCCCOCCCl)c(C)c1. The van der Waals surface area contributed by atoms with Crippen molar-refractivity contribution in [3.63, 3.8) is 0 Å². The summed E-state index contributed by atoms with van der Waals surface area (Å²) in [6, 6.07) is 5.29. The molecule has 0 fully saturated rings. The van der Waals surface area contributed by atoms with E-state index in [1.54, 1.807) is 19.1 Å². The summed E-state index contributed by atoms with van der Waals surface area (Å²) in [5.41, 5.74) is 1.80. The van der Waals surface area contributed by atoms with Crippen LogP contribution < -0.4 is 4.72 Å². The molecule has 0 aliphatic heterocycles. The van der Waals surface area contributed by atoms with Gasteiger partial charge in [0.25, 0.3) is 0 Å². The summed E-state index contributed by atoms with van der Waals surface area (Å²) >= 11 is 5.46. The Morgan fingerprint density at radius 1 is 1.26 bits per heavy atom. The first-order valence-corrected chi connectivity index (χ1v) is 8.20. The molecule has 1 N–H and O–H groups in total. The summed E-state index contributed by atoms with van der Waals surface area (Å²) in [6.45, 7) is 5.08. The lowest BCUT2D eigenvalue weighted by molar-refractivity contribution is 0.147. The van der Waals surface area contributed by atoms with Crippen LogP contribution in [0.5, 0.6) is 0 Å². The van der Waals surface area contributed by atoms with Gasteiger partial charge in [0.1, 0.15) is 0 Å². The summed E-state index contributed by atoms with van der Waals surface area (Å²) in [4.78, 5) is 0.333. The lowest BCUT2D eigenvalue weighted by Crippen LogP contribution is -2.26. The molecule has 0 heterocycles. The van der Waals surface area contributed by atoms with Gasteiger partial charge in [0.15, 0.2) is 0 Å². The van der Waals surface area contributed by atoms with E-state index in [-0.39, 0.29) is 0 Å². The first-order chi connectivity index (χ1) is 8.97. The maximum absolute atomic E-state index is 12.1. The number of aryl methyl sites for hydroxylation is 2. The van der Waals surface area contributed by atoms with Crippen LogP contribution in [0.15, 0.2) is 23.1 Å². The van der Waals surface area contributed by atoms with Crippen molar-refractivity contribution in [2.24, 2.45) is 0 Å². The Bertz CT molecular complexity index is 503. The van der Waals surface area contributed by atoms with Crippen LogP contribution in [0.4, 0.5) is 0 Å². The van der Waals surface area contributed by atoms with Crippen molar-refractivity contribution in [2.75, 3.05) is 25.6 Å². The van der Waals surface area contributed by atoms with E-state index in [9.17, 15) is 8.42 Å². The van der Waals surface area contributed by atoms with Gasteiger partial charge in [-0.05, 0) is 31.9 Å². The third-order valence-corrected chi connectivity index (χ3v) is 4.37. The Hall–Kier alpha value is -0.620. The van der Waals surface area contributed by atoms with Crippen molar-refractivity contribution < 1.29 is 13.2 Å².